The molecule has 0 aliphatic heterocycles. The molecule has 0 fully saturated rings. The molecule has 20 heavy (non-hydrogen) atoms. The summed E-state index contributed by atoms with van der Waals surface area (Å²) in [6.07, 6.45) is 0.390. The highest BCUT2D eigenvalue weighted by molar-refractivity contribution is 7.08. The topological polar surface area (TPSA) is 55.1 Å². The number of rotatable bonds is 3. The molecular formula is C16H16N2OS. The summed E-state index contributed by atoms with van der Waals surface area (Å²) >= 11 is 1.59. The molecule has 0 spiro atoms. The zero-order valence-electron chi connectivity index (χ0n) is 11.3. The molecule has 3 N–H and O–H groups in total. The number of hydrogen-bond acceptors (Lipinski definition) is 3. The van der Waals surface area contributed by atoms with Crippen LogP contribution in [0.25, 0.3) is 0 Å². The molecule has 0 saturated carbocycles. The molecule has 3 nitrogen and oxygen atoms in total. The molecule has 0 aliphatic carbocycles. The number of nitrogens with one attached hydrogen (secondary N) is 1. The van der Waals surface area contributed by atoms with Gasteiger partial charge in [-0.05, 0) is 53.1 Å². The van der Waals surface area contributed by atoms with Crippen LogP contribution in [0.5, 0.6) is 0 Å². The summed E-state index contributed by atoms with van der Waals surface area (Å²) in [5.74, 6) is 5.77. The van der Waals surface area contributed by atoms with Crippen LogP contribution in [-0.2, 0) is 11.2 Å². The minimum atomic E-state index is -0.0215. The van der Waals surface area contributed by atoms with Crippen molar-refractivity contribution in [3.8, 4) is 11.8 Å². The predicted octanol–water partition coefficient (Wildman–Crippen LogP) is 2.55. The Hall–Kier alpha value is -2.09. The Morgan fingerprint density at radius 1 is 1.40 bits per heavy atom. The lowest BCUT2D eigenvalue weighted by Crippen LogP contribution is -2.14. The van der Waals surface area contributed by atoms with Crippen molar-refractivity contribution in [3.63, 3.8) is 0 Å². The maximum Gasteiger partial charge on any atom is 0.228 e. The molecule has 0 atom stereocenters. The van der Waals surface area contributed by atoms with Crippen LogP contribution in [0.3, 0.4) is 0 Å². The number of thiophene rings is 1. The molecule has 1 aromatic carbocycles. The van der Waals surface area contributed by atoms with Crippen LogP contribution < -0.4 is 11.1 Å². The third kappa shape index (κ3) is 4.23. The van der Waals surface area contributed by atoms with Gasteiger partial charge in [0, 0.05) is 11.3 Å². The summed E-state index contributed by atoms with van der Waals surface area (Å²) < 4.78 is 0. The zero-order valence-corrected chi connectivity index (χ0v) is 12.1. The highest BCUT2D eigenvalue weighted by atomic mass is 32.1. The Balaban J connectivity index is 2.08. The fourth-order valence-corrected chi connectivity index (χ4v) is 2.53. The average molecular weight is 284 g/mol. The van der Waals surface area contributed by atoms with Crippen LogP contribution in [0.4, 0.5) is 5.69 Å². The van der Waals surface area contributed by atoms with E-state index in [4.69, 9.17) is 5.73 Å². The Morgan fingerprint density at radius 3 is 2.95 bits per heavy atom. The van der Waals surface area contributed by atoms with Gasteiger partial charge in [-0.25, -0.2) is 0 Å². The lowest BCUT2D eigenvalue weighted by molar-refractivity contribution is -0.115. The number of benzene rings is 1. The van der Waals surface area contributed by atoms with Gasteiger partial charge in [0.05, 0.1) is 13.0 Å². The smallest absolute Gasteiger partial charge is 0.228 e. The van der Waals surface area contributed by atoms with Crippen molar-refractivity contribution >= 4 is 22.9 Å². The molecule has 0 saturated heterocycles. The minimum Gasteiger partial charge on any atom is -0.326 e. The Morgan fingerprint density at radius 2 is 2.25 bits per heavy atom. The summed E-state index contributed by atoms with van der Waals surface area (Å²) in [5, 5.41) is 6.85. The first-order chi connectivity index (χ1) is 9.67. The minimum absolute atomic E-state index is 0.0215. The molecule has 0 radical (unpaired) electrons. The maximum absolute atomic E-state index is 12.0. The van der Waals surface area contributed by atoms with E-state index >= 15 is 0 Å². The first-order valence-electron chi connectivity index (χ1n) is 6.29. The van der Waals surface area contributed by atoms with E-state index in [1.807, 2.05) is 41.9 Å². The standard InChI is InChI=1S/C16H16N2OS/c1-12-7-13(3-2-5-17)9-15(8-12)18-16(19)10-14-4-6-20-11-14/h4,6-9,11H,5,10,17H2,1H3,(H,18,19). The molecule has 1 heterocycles. The van der Waals surface area contributed by atoms with Gasteiger partial charge >= 0.3 is 0 Å². The van der Waals surface area contributed by atoms with Gasteiger partial charge in [0.2, 0.25) is 5.91 Å². The van der Waals surface area contributed by atoms with Crippen molar-refractivity contribution in [1.82, 2.24) is 0 Å². The first-order valence-corrected chi connectivity index (χ1v) is 7.23. The molecule has 0 bridgehead atoms. The van der Waals surface area contributed by atoms with E-state index in [0.29, 0.717) is 13.0 Å². The number of carbonyl (C=O) groups is 1. The average Bonchev–Trinajstić information content (AvgIpc) is 2.88. The second kappa shape index (κ2) is 6.90. The van der Waals surface area contributed by atoms with E-state index in [9.17, 15) is 4.79 Å². The summed E-state index contributed by atoms with van der Waals surface area (Å²) in [6, 6.07) is 7.72. The summed E-state index contributed by atoms with van der Waals surface area (Å²) in [4.78, 5) is 12.0. The van der Waals surface area contributed by atoms with Crippen molar-refractivity contribution in [2.45, 2.75) is 13.3 Å². The van der Waals surface area contributed by atoms with E-state index in [-0.39, 0.29) is 5.91 Å². The SMILES string of the molecule is Cc1cc(C#CCN)cc(NC(=O)Cc2ccsc2)c1. The zero-order chi connectivity index (χ0) is 14.4. The van der Waals surface area contributed by atoms with E-state index in [2.05, 4.69) is 17.2 Å². The summed E-state index contributed by atoms with van der Waals surface area (Å²) in [6.45, 7) is 2.30. The molecule has 4 heteroatoms. The van der Waals surface area contributed by atoms with Crippen molar-refractivity contribution in [2.75, 3.05) is 11.9 Å². The maximum atomic E-state index is 12.0. The van der Waals surface area contributed by atoms with Crippen LogP contribution in [0, 0.1) is 18.8 Å². The fraction of sp³-hybridized carbons (Fsp3) is 0.188. The highest BCUT2D eigenvalue weighted by Crippen LogP contribution is 2.15. The van der Waals surface area contributed by atoms with Gasteiger partial charge in [-0.15, -0.1) is 0 Å². The second-order valence-corrected chi connectivity index (χ2v) is 5.23. The lowest BCUT2D eigenvalue weighted by Gasteiger charge is -2.06. The molecule has 1 amide bonds. The summed E-state index contributed by atoms with van der Waals surface area (Å²) in [5.41, 5.74) is 9.08. The highest BCUT2D eigenvalue weighted by Gasteiger charge is 2.05. The van der Waals surface area contributed by atoms with Crippen LogP contribution >= 0.6 is 11.3 Å². The second-order valence-electron chi connectivity index (χ2n) is 4.45. The Kier molecular flexibility index (Phi) is 4.94. The van der Waals surface area contributed by atoms with Crippen molar-refractivity contribution in [1.29, 1.82) is 0 Å². The van der Waals surface area contributed by atoms with E-state index in [1.54, 1.807) is 11.3 Å². The number of aryl methyl sites for hydroxylation is 1. The van der Waals surface area contributed by atoms with Crippen LogP contribution in [-0.4, -0.2) is 12.5 Å². The molecular weight excluding hydrogens is 268 g/mol. The van der Waals surface area contributed by atoms with Gasteiger partial charge in [-0.2, -0.15) is 11.3 Å². The Bertz CT molecular complexity index is 651. The van der Waals surface area contributed by atoms with Crippen molar-refractivity contribution < 1.29 is 4.79 Å². The van der Waals surface area contributed by atoms with Crippen molar-refractivity contribution in [2.24, 2.45) is 5.73 Å². The van der Waals surface area contributed by atoms with Crippen LogP contribution in [0.15, 0.2) is 35.0 Å². The van der Waals surface area contributed by atoms with Gasteiger partial charge in [-0.1, -0.05) is 11.8 Å². The normalized spacial score (nSPS) is 9.70. The fourth-order valence-electron chi connectivity index (χ4n) is 1.86. The number of amides is 1. The first kappa shape index (κ1) is 14.3. The molecule has 2 rings (SSSR count). The third-order valence-corrected chi connectivity index (χ3v) is 3.37. The number of hydrogen-bond donors (Lipinski definition) is 2. The lowest BCUT2D eigenvalue weighted by atomic mass is 10.1. The van der Waals surface area contributed by atoms with Gasteiger partial charge in [-0.3, -0.25) is 4.79 Å². The van der Waals surface area contributed by atoms with Gasteiger partial charge in [0.1, 0.15) is 0 Å². The van der Waals surface area contributed by atoms with E-state index < -0.39 is 0 Å². The van der Waals surface area contributed by atoms with E-state index in [1.165, 1.54) is 0 Å². The van der Waals surface area contributed by atoms with E-state index in [0.717, 1.165) is 22.4 Å². The molecule has 2 aromatic rings. The molecule has 0 unspecified atom stereocenters. The third-order valence-electron chi connectivity index (χ3n) is 2.64. The van der Waals surface area contributed by atoms with Crippen LogP contribution in [0.1, 0.15) is 16.7 Å². The number of nitrogens with two attached hydrogens (primary N) is 1. The monoisotopic (exact) mass is 284 g/mol. The predicted molar refractivity (Wildman–Crippen MR) is 83.8 cm³/mol. The van der Waals surface area contributed by atoms with Gasteiger partial charge in [0.25, 0.3) is 0 Å². The largest absolute Gasteiger partial charge is 0.326 e. The quantitative estimate of drug-likeness (QED) is 0.851. The van der Waals surface area contributed by atoms with Crippen LogP contribution in [0.2, 0.25) is 0 Å². The molecule has 0 aliphatic rings. The van der Waals surface area contributed by atoms with Gasteiger partial charge < -0.3 is 11.1 Å². The molecule has 102 valence electrons. The number of anilines is 1. The Labute approximate surface area is 122 Å². The molecule has 1 aromatic heterocycles. The van der Waals surface area contributed by atoms with Gasteiger partial charge in [0.15, 0.2) is 0 Å². The summed E-state index contributed by atoms with van der Waals surface area (Å²) in [7, 11) is 0. The number of carbonyl (C=O) groups excluding carboxylic acids is 1. The van der Waals surface area contributed by atoms with Crippen molar-refractivity contribution in [3.05, 3.63) is 51.7 Å².